The lowest BCUT2D eigenvalue weighted by Crippen LogP contribution is -2.28. The third kappa shape index (κ3) is 3.90. The Hall–Kier alpha value is -3.90. The molecule has 9 nitrogen and oxygen atoms in total. The number of fused-ring (bicyclic) bond motifs is 1. The molecule has 0 saturated carbocycles. The van der Waals surface area contributed by atoms with E-state index in [0.29, 0.717) is 11.8 Å². The van der Waals surface area contributed by atoms with Crippen molar-refractivity contribution >= 4 is 22.8 Å². The second-order valence-electron chi connectivity index (χ2n) is 7.28. The SMILES string of the molecule is CONC1=CN(c2nc3c(cc2F)c(=O)c(C(=O)O)cn3-c2ccc(F)cc2F)CC1CN. The van der Waals surface area contributed by atoms with Gasteiger partial charge in [-0.15, -0.1) is 0 Å². The third-order valence-corrected chi connectivity index (χ3v) is 5.24. The summed E-state index contributed by atoms with van der Waals surface area (Å²) in [6.45, 7) is 0.460. The summed E-state index contributed by atoms with van der Waals surface area (Å²) in [6.07, 6.45) is 2.41. The number of benzene rings is 1. The van der Waals surface area contributed by atoms with Gasteiger partial charge in [0.1, 0.15) is 17.2 Å². The number of aromatic nitrogens is 2. The minimum atomic E-state index is -1.59. The number of hydrogen-bond donors (Lipinski definition) is 3. The molecule has 2 aromatic heterocycles. The van der Waals surface area contributed by atoms with Crippen molar-refractivity contribution in [3.63, 3.8) is 0 Å². The molecule has 33 heavy (non-hydrogen) atoms. The Labute approximate surface area is 184 Å². The van der Waals surface area contributed by atoms with Gasteiger partial charge in [-0.05, 0) is 18.2 Å². The van der Waals surface area contributed by atoms with Crippen molar-refractivity contribution in [3.8, 4) is 5.69 Å². The molecular weight excluding hydrogens is 443 g/mol. The molecule has 1 aliphatic rings. The molecule has 3 aromatic rings. The van der Waals surface area contributed by atoms with E-state index in [1.165, 1.54) is 18.2 Å². The number of nitrogens with two attached hydrogens (primary N) is 1. The number of aromatic carboxylic acids is 1. The van der Waals surface area contributed by atoms with Crippen molar-refractivity contribution in [2.24, 2.45) is 11.7 Å². The van der Waals surface area contributed by atoms with Gasteiger partial charge in [0.2, 0.25) is 5.43 Å². The molecule has 0 aliphatic carbocycles. The Morgan fingerprint density at radius 3 is 2.70 bits per heavy atom. The summed E-state index contributed by atoms with van der Waals surface area (Å²) in [5.74, 6) is -4.81. The van der Waals surface area contributed by atoms with Crippen LogP contribution in [-0.4, -0.2) is 40.8 Å². The Kier molecular flexibility index (Phi) is 5.78. The number of hydroxylamine groups is 1. The molecule has 3 heterocycles. The molecule has 4 N–H and O–H groups in total. The van der Waals surface area contributed by atoms with Crippen molar-refractivity contribution in [2.75, 3.05) is 25.1 Å². The summed E-state index contributed by atoms with van der Waals surface area (Å²) in [5, 5.41) is 9.03. The first-order chi connectivity index (χ1) is 15.7. The van der Waals surface area contributed by atoms with Gasteiger partial charge in [-0.25, -0.2) is 22.9 Å². The van der Waals surface area contributed by atoms with E-state index < -0.39 is 34.4 Å². The standard InChI is InChI=1S/C21H18F3N5O4/c1-33-27-16-9-28(7-10(16)6-25)20-15(24)5-12-18(30)13(21(31)32)8-29(19(12)26-20)17-3-2-11(22)4-14(17)23/h2-5,8-10,27H,6-7,25H2,1H3,(H,31,32). The number of nitrogens with one attached hydrogen (secondary N) is 1. The largest absolute Gasteiger partial charge is 0.477 e. The lowest BCUT2D eigenvalue weighted by molar-refractivity contribution is 0.0695. The number of pyridine rings is 2. The van der Waals surface area contributed by atoms with Crippen LogP contribution in [-0.2, 0) is 4.84 Å². The van der Waals surface area contributed by atoms with Gasteiger partial charge < -0.3 is 15.7 Å². The minimum Gasteiger partial charge on any atom is -0.477 e. The van der Waals surface area contributed by atoms with Gasteiger partial charge in [-0.3, -0.25) is 19.7 Å². The number of rotatable bonds is 6. The highest BCUT2D eigenvalue weighted by molar-refractivity contribution is 5.92. The van der Waals surface area contributed by atoms with Crippen molar-refractivity contribution in [1.29, 1.82) is 0 Å². The van der Waals surface area contributed by atoms with E-state index in [9.17, 15) is 23.5 Å². The maximum Gasteiger partial charge on any atom is 0.341 e. The number of anilines is 1. The summed E-state index contributed by atoms with van der Waals surface area (Å²) in [5.41, 5.74) is 6.80. The summed E-state index contributed by atoms with van der Waals surface area (Å²) in [6, 6.07) is 3.47. The van der Waals surface area contributed by atoms with Crippen LogP contribution >= 0.6 is 0 Å². The predicted octanol–water partition coefficient (Wildman–Crippen LogP) is 1.89. The molecule has 4 rings (SSSR count). The molecule has 1 atom stereocenters. The number of hydrogen-bond acceptors (Lipinski definition) is 7. The Morgan fingerprint density at radius 1 is 1.30 bits per heavy atom. The van der Waals surface area contributed by atoms with E-state index >= 15 is 4.39 Å². The minimum absolute atomic E-state index is 0.201. The van der Waals surface area contributed by atoms with Gasteiger partial charge in [0.15, 0.2) is 17.3 Å². The number of carbonyl (C=O) groups is 1. The quantitative estimate of drug-likeness (QED) is 0.476. The number of carboxylic acids is 1. The number of carboxylic acid groups (broad SMARTS) is 1. The second-order valence-corrected chi connectivity index (χ2v) is 7.28. The van der Waals surface area contributed by atoms with Gasteiger partial charge in [0.25, 0.3) is 0 Å². The molecule has 0 spiro atoms. The zero-order valence-corrected chi connectivity index (χ0v) is 17.2. The average Bonchev–Trinajstić information content (AvgIpc) is 3.17. The first-order valence-corrected chi connectivity index (χ1v) is 9.67. The van der Waals surface area contributed by atoms with E-state index in [1.807, 2.05) is 0 Å². The Morgan fingerprint density at radius 2 is 2.06 bits per heavy atom. The van der Waals surface area contributed by atoms with Gasteiger partial charge >= 0.3 is 5.97 Å². The van der Waals surface area contributed by atoms with Crippen molar-refractivity contribution in [1.82, 2.24) is 15.0 Å². The van der Waals surface area contributed by atoms with Crippen LogP contribution in [0.1, 0.15) is 10.4 Å². The fourth-order valence-corrected chi connectivity index (χ4v) is 3.67. The first-order valence-electron chi connectivity index (χ1n) is 9.67. The van der Waals surface area contributed by atoms with Gasteiger partial charge in [0.05, 0.1) is 23.9 Å². The Balaban J connectivity index is 1.98. The van der Waals surface area contributed by atoms with E-state index in [4.69, 9.17) is 10.6 Å². The lowest BCUT2D eigenvalue weighted by Gasteiger charge is -2.19. The average molecular weight is 461 g/mol. The second kappa shape index (κ2) is 8.56. The maximum absolute atomic E-state index is 15.1. The molecule has 0 fully saturated rings. The highest BCUT2D eigenvalue weighted by Crippen LogP contribution is 2.29. The summed E-state index contributed by atoms with van der Waals surface area (Å²) in [7, 11) is 1.40. The summed E-state index contributed by atoms with van der Waals surface area (Å²) < 4.78 is 44.0. The third-order valence-electron chi connectivity index (χ3n) is 5.24. The topological polar surface area (TPSA) is 123 Å². The van der Waals surface area contributed by atoms with Crippen LogP contribution in [0.5, 0.6) is 0 Å². The smallest absolute Gasteiger partial charge is 0.341 e. The van der Waals surface area contributed by atoms with E-state index in [0.717, 1.165) is 29.0 Å². The van der Waals surface area contributed by atoms with Crippen LogP contribution in [0.15, 0.2) is 47.2 Å². The molecule has 0 bridgehead atoms. The van der Waals surface area contributed by atoms with Crippen molar-refractivity contribution in [3.05, 3.63) is 75.6 Å². The van der Waals surface area contributed by atoms with Crippen LogP contribution in [0.25, 0.3) is 16.7 Å². The molecular formula is C21H18F3N5O4. The lowest BCUT2D eigenvalue weighted by atomic mass is 10.1. The molecule has 1 unspecified atom stereocenters. The Bertz CT molecular complexity index is 1360. The fourth-order valence-electron chi connectivity index (χ4n) is 3.67. The van der Waals surface area contributed by atoms with Crippen molar-refractivity contribution < 1.29 is 27.9 Å². The van der Waals surface area contributed by atoms with E-state index in [1.54, 1.807) is 0 Å². The molecule has 0 saturated heterocycles. The van der Waals surface area contributed by atoms with Crippen LogP contribution < -0.4 is 21.5 Å². The number of halogens is 3. The van der Waals surface area contributed by atoms with E-state index in [-0.39, 0.29) is 41.5 Å². The highest BCUT2D eigenvalue weighted by atomic mass is 19.1. The fraction of sp³-hybridized carbons (Fsp3) is 0.190. The van der Waals surface area contributed by atoms with Crippen LogP contribution in [0, 0.1) is 23.4 Å². The molecule has 12 heteroatoms. The highest BCUT2D eigenvalue weighted by Gasteiger charge is 2.28. The molecule has 1 aliphatic heterocycles. The van der Waals surface area contributed by atoms with Crippen LogP contribution in [0.3, 0.4) is 0 Å². The van der Waals surface area contributed by atoms with Gasteiger partial charge in [0, 0.05) is 37.5 Å². The molecule has 1 aromatic carbocycles. The van der Waals surface area contributed by atoms with Gasteiger partial charge in [-0.1, -0.05) is 0 Å². The van der Waals surface area contributed by atoms with Crippen LogP contribution in [0.4, 0.5) is 19.0 Å². The summed E-state index contributed by atoms with van der Waals surface area (Å²) in [4.78, 5) is 34.9. The van der Waals surface area contributed by atoms with Crippen molar-refractivity contribution in [2.45, 2.75) is 0 Å². The number of nitrogens with zero attached hydrogens (tertiary/aromatic N) is 3. The summed E-state index contributed by atoms with van der Waals surface area (Å²) >= 11 is 0. The van der Waals surface area contributed by atoms with E-state index in [2.05, 4.69) is 10.5 Å². The van der Waals surface area contributed by atoms with Crippen LogP contribution in [0.2, 0.25) is 0 Å². The maximum atomic E-state index is 15.1. The zero-order valence-electron chi connectivity index (χ0n) is 17.2. The van der Waals surface area contributed by atoms with Gasteiger partial charge in [-0.2, -0.15) is 0 Å². The molecule has 0 amide bonds. The molecule has 0 radical (unpaired) electrons. The first kappa shape index (κ1) is 22.3. The molecule has 172 valence electrons. The zero-order chi connectivity index (χ0) is 23.9. The monoisotopic (exact) mass is 461 g/mol. The normalized spacial score (nSPS) is 15.7. The predicted molar refractivity (Wildman–Crippen MR) is 112 cm³/mol.